The molecule has 0 spiro atoms. The maximum absolute atomic E-state index is 11.5. The number of benzene rings is 2. The van der Waals surface area contributed by atoms with Gasteiger partial charge in [-0.15, -0.1) is 0 Å². The second-order valence-corrected chi connectivity index (χ2v) is 5.46. The van der Waals surface area contributed by atoms with Crippen molar-refractivity contribution in [3.63, 3.8) is 0 Å². The van der Waals surface area contributed by atoms with Crippen molar-refractivity contribution in [3.05, 3.63) is 29.8 Å². The highest BCUT2D eigenvalue weighted by atomic mass is 32.2. The highest BCUT2D eigenvalue weighted by Crippen LogP contribution is 2.38. The Balaban J connectivity index is 3.01. The third-order valence-corrected chi connectivity index (χ3v) is 3.69. The van der Waals surface area contributed by atoms with Crippen molar-refractivity contribution < 1.29 is 22.9 Å². The van der Waals surface area contributed by atoms with E-state index in [0.29, 0.717) is 5.39 Å². The van der Waals surface area contributed by atoms with Crippen molar-refractivity contribution in [3.8, 4) is 5.75 Å². The van der Waals surface area contributed by atoms with E-state index >= 15 is 0 Å². The van der Waals surface area contributed by atoms with Gasteiger partial charge >= 0.3 is 0 Å². The van der Waals surface area contributed by atoms with Crippen molar-refractivity contribution in [1.29, 1.82) is 0 Å². The van der Waals surface area contributed by atoms with Crippen molar-refractivity contribution in [2.45, 2.75) is 11.8 Å². The van der Waals surface area contributed by atoms with Gasteiger partial charge in [0.15, 0.2) is 5.78 Å². The number of hydrogen-bond acceptors (Lipinski definition) is 5. The Morgan fingerprint density at radius 2 is 1.95 bits per heavy atom. The summed E-state index contributed by atoms with van der Waals surface area (Å²) in [5.74, 6) is -0.823. The molecule has 19 heavy (non-hydrogen) atoms. The van der Waals surface area contributed by atoms with E-state index in [1.54, 1.807) is 6.07 Å². The molecule has 6 nitrogen and oxygen atoms in total. The summed E-state index contributed by atoms with van der Waals surface area (Å²) in [6, 6.07) is 5.67. The lowest BCUT2D eigenvalue weighted by molar-refractivity contribution is 0.101. The second-order valence-electron chi connectivity index (χ2n) is 4.07. The van der Waals surface area contributed by atoms with Gasteiger partial charge in [0.25, 0.3) is 10.1 Å². The van der Waals surface area contributed by atoms with Gasteiger partial charge in [-0.2, -0.15) is 8.42 Å². The normalized spacial score (nSPS) is 11.7. The molecule has 0 atom stereocenters. The number of hydrogen-bond donors (Lipinski definition) is 3. The molecule has 100 valence electrons. The van der Waals surface area contributed by atoms with Crippen LogP contribution in [0.15, 0.2) is 29.2 Å². The SMILES string of the molecule is CC(=O)c1cccc2cc(S(=O)(=O)O)c(N)c(O)c12. The molecule has 0 saturated heterocycles. The molecule has 0 radical (unpaired) electrons. The molecular formula is C12H11NO5S. The summed E-state index contributed by atoms with van der Waals surface area (Å²) in [7, 11) is -4.55. The van der Waals surface area contributed by atoms with Gasteiger partial charge in [0, 0.05) is 10.9 Å². The van der Waals surface area contributed by atoms with Crippen LogP contribution in [0.1, 0.15) is 17.3 Å². The topological polar surface area (TPSA) is 118 Å². The first-order chi connectivity index (χ1) is 8.73. The maximum Gasteiger partial charge on any atom is 0.296 e. The molecule has 0 aliphatic heterocycles. The summed E-state index contributed by atoms with van der Waals surface area (Å²) in [4.78, 5) is 10.9. The lowest BCUT2D eigenvalue weighted by Crippen LogP contribution is -2.04. The summed E-state index contributed by atoms with van der Waals surface area (Å²) in [6.45, 7) is 1.32. The number of carbonyl (C=O) groups is 1. The molecule has 0 amide bonds. The fraction of sp³-hybridized carbons (Fsp3) is 0.0833. The molecule has 0 aliphatic rings. The fourth-order valence-corrected chi connectivity index (χ4v) is 2.58. The molecule has 0 aromatic heterocycles. The van der Waals surface area contributed by atoms with Crippen LogP contribution >= 0.6 is 0 Å². The van der Waals surface area contributed by atoms with Gasteiger partial charge < -0.3 is 10.8 Å². The molecule has 0 aliphatic carbocycles. The Morgan fingerprint density at radius 3 is 2.47 bits per heavy atom. The summed E-state index contributed by atoms with van der Waals surface area (Å²) in [5.41, 5.74) is 5.25. The number of phenols is 1. The molecule has 2 rings (SSSR count). The predicted molar refractivity (Wildman–Crippen MR) is 69.8 cm³/mol. The summed E-state index contributed by atoms with van der Waals surface area (Å²) >= 11 is 0. The number of aromatic hydroxyl groups is 1. The number of anilines is 1. The van der Waals surface area contributed by atoms with Gasteiger partial charge in [0.05, 0.1) is 5.69 Å². The summed E-state index contributed by atoms with van der Waals surface area (Å²) in [6.07, 6.45) is 0. The standard InChI is InChI=1S/C12H11NO5S/c1-6(14)8-4-2-3-7-5-9(19(16,17)18)11(13)12(15)10(7)8/h2-5,15H,13H2,1H3,(H,16,17,18). The van der Waals surface area contributed by atoms with Crippen molar-refractivity contribution in [2.75, 3.05) is 5.73 Å². The number of Topliss-reactive ketones (excluding diaryl/α,β-unsaturated/α-hetero) is 1. The molecule has 4 N–H and O–H groups in total. The Morgan fingerprint density at radius 1 is 1.32 bits per heavy atom. The Hall–Kier alpha value is -2.12. The van der Waals surface area contributed by atoms with E-state index < -0.39 is 26.5 Å². The van der Waals surface area contributed by atoms with Crippen LogP contribution in [-0.4, -0.2) is 23.9 Å². The fourth-order valence-electron chi connectivity index (χ4n) is 1.93. The van der Waals surface area contributed by atoms with Gasteiger partial charge in [-0.05, 0) is 18.4 Å². The highest BCUT2D eigenvalue weighted by molar-refractivity contribution is 7.86. The molecule has 7 heteroatoms. The maximum atomic E-state index is 11.5. The quantitative estimate of drug-likeness (QED) is 0.333. The number of nitrogens with two attached hydrogens (primary N) is 1. The van der Waals surface area contributed by atoms with Gasteiger partial charge in [0.1, 0.15) is 10.6 Å². The van der Waals surface area contributed by atoms with E-state index in [1.807, 2.05) is 0 Å². The van der Waals surface area contributed by atoms with Crippen molar-refractivity contribution in [1.82, 2.24) is 0 Å². The molecule has 2 aromatic rings. The predicted octanol–water partition coefficient (Wildman–Crippen LogP) is 1.58. The number of nitrogen functional groups attached to an aromatic ring is 1. The van der Waals surface area contributed by atoms with Gasteiger partial charge in [0.2, 0.25) is 0 Å². The monoisotopic (exact) mass is 281 g/mol. The smallest absolute Gasteiger partial charge is 0.296 e. The van der Waals surface area contributed by atoms with E-state index in [4.69, 9.17) is 10.3 Å². The van der Waals surface area contributed by atoms with Crippen LogP contribution in [0.4, 0.5) is 5.69 Å². The highest BCUT2D eigenvalue weighted by Gasteiger charge is 2.21. The number of ketones is 1. The number of phenolic OH excluding ortho intramolecular Hbond substituents is 1. The van der Waals surface area contributed by atoms with Crippen LogP contribution < -0.4 is 5.73 Å². The minimum atomic E-state index is -4.55. The molecule has 0 heterocycles. The van der Waals surface area contributed by atoms with Crippen molar-refractivity contribution >= 4 is 32.4 Å². The number of rotatable bonds is 2. The zero-order valence-corrected chi connectivity index (χ0v) is 10.7. The van der Waals surface area contributed by atoms with Crippen molar-refractivity contribution in [2.24, 2.45) is 0 Å². The van der Waals surface area contributed by atoms with Gasteiger partial charge in [-0.25, -0.2) is 0 Å². The molecule has 0 bridgehead atoms. The molecule has 0 saturated carbocycles. The van der Waals surface area contributed by atoms with Crippen LogP contribution in [0.3, 0.4) is 0 Å². The van der Waals surface area contributed by atoms with E-state index in [-0.39, 0.29) is 16.7 Å². The minimum Gasteiger partial charge on any atom is -0.505 e. The Labute approximate surface area is 109 Å². The second kappa shape index (κ2) is 4.22. The summed E-state index contributed by atoms with van der Waals surface area (Å²) < 4.78 is 31.4. The van der Waals surface area contributed by atoms with E-state index in [2.05, 4.69) is 0 Å². The zero-order valence-electron chi connectivity index (χ0n) is 9.91. The largest absolute Gasteiger partial charge is 0.505 e. The first-order valence-electron chi connectivity index (χ1n) is 5.26. The van der Waals surface area contributed by atoms with Crippen LogP contribution in [0.5, 0.6) is 5.75 Å². The average Bonchev–Trinajstić information content (AvgIpc) is 2.31. The Kier molecular flexibility index (Phi) is 2.95. The minimum absolute atomic E-state index is 0.167. The van der Waals surface area contributed by atoms with Crippen LogP contribution in [0, 0.1) is 0 Å². The first kappa shape index (κ1) is 13.3. The third-order valence-electron chi connectivity index (χ3n) is 2.80. The lowest BCUT2D eigenvalue weighted by Gasteiger charge is -2.11. The number of carbonyl (C=O) groups excluding carboxylic acids is 1. The van der Waals surface area contributed by atoms with Gasteiger partial charge in [-0.1, -0.05) is 18.2 Å². The molecular weight excluding hydrogens is 270 g/mol. The van der Waals surface area contributed by atoms with Crippen LogP contribution in [0.2, 0.25) is 0 Å². The third kappa shape index (κ3) is 2.13. The van der Waals surface area contributed by atoms with Gasteiger partial charge in [-0.3, -0.25) is 9.35 Å². The first-order valence-corrected chi connectivity index (χ1v) is 6.70. The van der Waals surface area contributed by atoms with E-state index in [1.165, 1.54) is 19.1 Å². The average molecular weight is 281 g/mol. The zero-order chi connectivity index (χ0) is 14.4. The summed E-state index contributed by atoms with van der Waals surface area (Å²) in [5, 5.41) is 10.4. The van der Waals surface area contributed by atoms with Crippen LogP contribution in [0.25, 0.3) is 10.8 Å². The van der Waals surface area contributed by atoms with E-state index in [0.717, 1.165) is 6.07 Å². The van der Waals surface area contributed by atoms with Crippen LogP contribution in [-0.2, 0) is 10.1 Å². The molecule has 2 aromatic carbocycles. The number of fused-ring (bicyclic) bond motifs is 1. The molecule has 0 fully saturated rings. The van der Waals surface area contributed by atoms with E-state index in [9.17, 15) is 18.3 Å². The molecule has 0 unspecified atom stereocenters. The lowest BCUT2D eigenvalue weighted by atomic mass is 10.0. The Bertz CT molecular complexity index is 795.